The topological polar surface area (TPSA) is 59.7 Å². The van der Waals surface area contributed by atoms with E-state index in [2.05, 4.69) is 0 Å². The van der Waals surface area contributed by atoms with E-state index in [1.807, 2.05) is 0 Å². The molecule has 4 nitrogen and oxygen atoms in total. The molecule has 0 atom stereocenters. The van der Waals surface area contributed by atoms with E-state index in [1.54, 1.807) is 13.0 Å². The van der Waals surface area contributed by atoms with Crippen LogP contribution in [0.2, 0.25) is 0 Å². The van der Waals surface area contributed by atoms with Gasteiger partial charge in [0.05, 0.1) is 6.10 Å². The number of furan rings is 1. The zero-order valence-corrected chi connectivity index (χ0v) is 10.1. The summed E-state index contributed by atoms with van der Waals surface area (Å²) >= 11 is 0. The van der Waals surface area contributed by atoms with Gasteiger partial charge in [-0.3, -0.25) is 0 Å². The zero-order valence-electron chi connectivity index (χ0n) is 10.1. The second kappa shape index (κ2) is 5.36. The van der Waals surface area contributed by atoms with Gasteiger partial charge in [-0.05, 0) is 25.8 Å². The molecule has 4 heteroatoms. The molecule has 0 aliphatic heterocycles. The van der Waals surface area contributed by atoms with E-state index in [4.69, 9.17) is 14.3 Å². The molecule has 1 heterocycles. The molecule has 0 aromatic carbocycles. The minimum absolute atomic E-state index is 0.229. The van der Waals surface area contributed by atoms with Gasteiger partial charge in [-0.1, -0.05) is 19.3 Å². The predicted octanol–water partition coefficient (Wildman–Crippen LogP) is 3.14. The third kappa shape index (κ3) is 3.09. The average Bonchev–Trinajstić information content (AvgIpc) is 2.69. The van der Waals surface area contributed by atoms with Crippen LogP contribution in [0, 0.1) is 6.92 Å². The van der Waals surface area contributed by atoms with E-state index in [1.165, 1.54) is 19.3 Å². The molecule has 17 heavy (non-hydrogen) atoms. The highest BCUT2D eigenvalue weighted by molar-refractivity contribution is 5.88. The number of hydrogen-bond donors (Lipinski definition) is 1. The van der Waals surface area contributed by atoms with Crippen molar-refractivity contribution in [2.45, 2.75) is 51.7 Å². The summed E-state index contributed by atoms with van der Waals surface area (Å²) < 4.78 is 11.1. The van der Waals surface area contributed by atoms with Crippen molar-refractivity contribution in [3.63, 3.8) is 0 Å². The van der Waals surface area contributed by atoms with E-state index in [-0.39, 0.29) is 5.56 Å². The molecule has 0 saturated heterocycles. The minimum atomic E-state index is -0.949. The van der Waals surface area contributed by atoms with Crippen LogP contribution in [0.5, 0.6) is 0 Å². The lowest BCUT2D eigenvalue weighted by molar-refractivity contribution is 0.00850. The van der Waals surface area contributed by atoms with Gasteiger partial charge in [0.15, 0.2) is 0 Å². The zero-order chi connectivity index (χ0) is 12.3. The summed E-state index contributed by atoms with van der Waals surface area (Å²) in [7, 11) is 0. The Labute approximate surface area is 101 Å². The molecule has 1 aliphatic carbocycles. The second-order valence-corrected chi connectivity index (χ2v) is 4.56. The Hall–Kier alpha value is -1.29. The van der Waals surface area contributed by atoms with Crippen LogP contribution >= 0.6 is 0 Å². The van der Waals surface area contributed by atoms with Crippen LogP contribution in [0.4, 0.5) is 0 Å². The Bertz CT molecular complexity index is 388. The van der Waals surface area contributed by atoms with Gasteiger partial charge in [-0.25, -0.2) is 4.79 Å². The smallest absolute Gasteiger partial charge is 0.339 e. The highest BCUT2D eigenvalue weighted by Crippen LogP contribution is 2.22. The number of ether oxygens (including phenoxy) is 1. The Balaban J connectivity index is 1.90. The summed E-state index contributed by atoms with van der Waals surface area (Å²) in [6.45, 7) is 2.03. The van der Waals surface area contributed by atoms with E-state index in [9.17, 15) is 4.79 Å². The lowest BCUT2D eigenvalue weighted by Gasteiger charge is -2.21. The first kappa shape index (κ1) is 12.2. The van der Waals surface area contributed by atoms with E-state index < -0.39 is 5.97 Å². The summed E-state index contributed by atoms with van der Waals surface area (Å²) in [5.74, 6) is 0.0976. The minimum Gasteiger partial charge on any atom is -0.478 e. The molecule has 2 rings (SSSR count). The first-order valence-corrected chi connectivity index (χ1v) is 6.11. The summed E-state index contributed by atoms with van der Waals surface area (Å²) in [5.41, 5.74) is 0.229. The Morgan fingerprint density at radius 2 is 2.18 bits per heavy atom. The standard InChI is InChI=1S/C13H18O4/c1-9-12(13(14)15)7-11(17-9)8-16-10-5-3-2-4-6-10/h7,10H,2-6,8H2,1H3,(H,14,15). The lowest BCUT2D eigenvalue weighted by atomic mass is 9.98. The quantitative estimate of drug-likeness (QED) is 0.875. The molecule has 0 spiro atoms. The number of carboxylic acids is 1. The molecule has 1 fully saturated rings. The van der Waals surface area contributed by atoms with Crippen molar-refractivity contribution < 1.29 is 19.1 Å². The third-order valence-corrected chi connectivity index (χ3v) is 3.21. The number of carboxylic acid groups (broad SMARTS) is 1. The van der Waals surface area contributed by atoms with Gasteiger partial charge in [0.2, 0.25) is 0 Å². The maximum atomic E-state index is 10.8. The van der Waals surface area contributed by atoms with Gasteiger partial charge < -0.3 is 14.3 Å². The van der Waals surface area contributed by atoms with Crippen LogP contribution in [0.25, 0.3) is 0 Å². The highest BCUT2D eigenvalue weighted by Gasteiger charge is 2.17. The molecule has 1 aromatic rings. The van der Waals surface area contributed by atoms with Gasteiger partial charge in [-0.2, -0.15) is 0 Å². The number of aryl methyl sites for hydroxylation is 1. The van der Waals surface area contributed by atoms with Crippen molar-refractivity contribution in [3.05, 3.63) is 23.2 Å². The van der Waals surface area contributed by atoms with Crippen LogP contribution in [-0.2, 0) is 11.3 Å². The number of carbonyl (C=O) groups is 1. The second-order valence-electron chi connectivity index (χ2n) is 4.56. The average molecular weight is 238 g/mol. The van der Waals surface area contributed by atoms with Crippen molar-refractivity contribution in [1.82, 2.24) is 0 Å². The Morgan fingerprint density at radius 1 is 1.47 bits per heavy atom. The Kier molecular flexibility index (Phi) is 3.84. The molecule has 1 saturated carbocycles. The maximum absolute atomic E-state index is 10.8. The van der Waals surface area contributed by atoms with Gasteiger partial charge in [0, 0.05) is 0 Å². The third-order valence-electron chi connectivity index (χ3n) is 3.21. The van der Waals surface area contributed by atoms with Gasteiger partial charge in [-0.15, -0.1) is 0 Å². The van der Waals surface area contributed by atoms with E-state index in [0.717, 1.165) is 12.8 Å². The summed E-state index contributed by atoms with van der Waals surface area (Å²) in [6, 6.07) is 1.56. The molecule has 1 aliphatic rings. The SMILES string of the molecule is Cc1oc(COC2CCCCC2)cc1C(=O)O. The molecule has 0 bridgehead atoms. The summed E-state index contributed by atoms with van der Waals surface area (Å²) in [6.07, 6.45) is 6.26. The first-order valence-electron chi connectivity index (χ1n) is 6.11. The van der Waals surface area contributed by atoms with Crippen molar-refractivity contribution in [1.29, 1.82) is 0 Å². The fourth-order valence-corrected chi connectivity index (χ4v) is 2.26. The first-order chi connectivity index (χ1) is 8.16. The molecule has 0 radical (unpaired) electrons. The van der Waals surface area contributed by atoms with Gasteiger partial charge in [0.1, 0.15) is 23.7 Å². The molecule has 1 N–H and O–H groups in total. The fourth-order valence-electron chi connectivity index (χ4n) is 2.26. The van der Waals surface area contributed by atoms with Gasteiger partial charge in [0.25, 0.3) is 0 Å². The van der Waals surface area contributed by atoms with Gasteiger partial charge >= 0.3 is 5.97 Å². The molecular formula is C13H18O4. The molecule has 94 valence electrons. The normalized spacial score (nSPS) is 17.2. The largest absolute Gasteiger partial charge is 0.478 e. The van der Waals surface area contributed by atoms with Crippen LogP contribution in [0.1, 0.15) is 54.0 Å². The monoisotopic (exact) mass is 238 g/mol. The van der Waals surface area contributed by atoms with Crippen LogP contribution in [0.3, 0.4) is 0 Å². The van der Waals surface area contributed by atoms with E-state index in [0.29, 0.717) is 24.2 Å². The highest BCUT2D eigenvalue weighted by atomic mass is 16.5. The molecule has 0 amide bonds. The van der Waals surface area contributed by atoms with Crippen LogP contribution in [0.15, 0.2) is 10.5 Å². The molecule has 0 unspecified atom stereocenters. The van der Waals surface area contributed by atoms with Crippen molar-refractivity contribution >= 4 is 5.97 Å². The molecule has 1 aromatic heterocycles. The number of hydrogen-bond acceptors (Lipinski definition) is 3. The summed E-state index contributed by atoms with van der Waals surface area (Å²) in [4.78, 5) is 10.8. The number of aromatic carboxylic acids is 1. The predicted molar refractivity (Wildman–Crippen MR) is 62.1 cm³/mol. The van der Waals surface area contributed by atoms with Crippen molar-refractivity contribution in [2.75, 3.05) is 0 Å². The summed E-state index contributed by atoms with van der Waals surface area (Å²) in [5, 5.41) is 8.90. The van der Waals surface area contributed by atoms with Crippen LogP contribution in [-0.4, -0.2) is 17.2 Å². The number of rotatable bonds is 4. The van der Waals surface area contributed by atoms with E-state index >= 15 is 0 Å². The maximum Gasteiger partial charge on any atom is 0.339 e. The van der Waals surface area contributed by atoms with Crippen molar-refractivity contribution in [3.8, 4) is 0 Å². The lowest BCUT2D eigenvalue weighted by Crippen LogP contribution is -2.16. The Morgan fingerprint density at radius 3 is 2.76 bits per heavy atom. The van der Waals surface area contributed by atoms with Crippen LogP contribution < -0.4 is 0 Å². The molecular weight excluding hydrogens is 220 g/mol. The van der Waals surface area contributed by atoms with Crippen molar-refractivity contribution in [2.24, 2.45) is 0 Å². The fraction of sp³-hybridized carbons (Fsp3) is 0.615.